The fraction of sp³-hybridized carbons (Fsp3) is 0.278. The van der Waals surface area contributed by atoms with E-state index >= 15 is 0 Å². The molecule has 2 N–H and O–H groups in total. The third-order valence-electron chi connectivity index (χ3n) is 4.09. The lowest BCUT2D eigenvalue weighted by Crippen LogP contribution is -2.38. The van der Waals surface area contributed by atoms with Crippen LogP contribution in [0.15, 0.2) is 42.6 Å². The number of sulfone groups is 1. The number of pyridine rings is 1. The number of para-hydroxylation sites is 1. The second-order valence-electron chi connectivity index (χ2n) is 6.25. The molecule has 148 valence electrons. The molecule has 0 aliphatic carbocycles. The van der Waals surface area contributed by atoms with Crippen LogP contribution in [-0.4, -0.2) is 49.4 Å². The number of anilines is 2. The van der Waals surface area contributed by atoms with E-state index in [1.54, 1.807) is 6.07 Å². The van der Waals surface area contributed by atoms with E-state index in [1.165, 1.54) is 36.5 Å². The van der Waals surface area contributed by atoms with Crippen LogP contribution in [0.2, 0.25) is 0 Å². The fourth-order valence-electron chi connectivity index (χ4n) is 2.75. The van der Waals surface area contributed by atoms with Crippen LogP contribution in [0, 0.1) is 5.82 Å². The van der Waals surface area contributed by atoms with Crippen LogP contribution in [0.1, 0.15) is 16.8 Å². The Morgan fingerprint density at radius 3 is 2.71 bits per heavy atom. The van der Waals surface area contributed by atoms with E-state index in [9.17, 15) is 22.4 Å². The van der Waals surface area contributed by atoms with Crippen molar-refractivity contribution in [2.45, 2.75) is 12.5 Å². The number of benzene rings is 1. The third kappa shape index (κ3) is 5.03. The molecular formula is C18H18FN3O5S. The van der Waals surface area contributed by atoms with Crippen molar-refractivity contribution in [1.29, 1.82) is 0 Å². The third-order valence-corrected chi connectivity index (χ3v) is 5.85. The molecule has 1 amide bonds. The van der Waals surface area contributed by atoms with E-state index in [-0.39, 0.29) is 28.6 Å². The van der Waals surface area contributed by atoms with Gasteiger partial charge in [-0.2, -0.15) is 0 Å². The summed E-state index contributed by atoms with van der Waals surface area (Å²) in [5.74, 6) is -1.94. The van der Waals surface area contributed by atoms with Crippen LogP contribution in [0.4, 0.5) is 15.9 Å². The molecule has 2 heterocycles. The predicted molar refractivity (Wildman–Crippen MR) is 99.4 cm³/mol. The fourth-order valence-corrected chi connectivity index (χ4v) is 4.42. The molecule has 28 heavy (non-hydrogen) atoms. The largest absolute Gasteiger partial charge is 0.452 e. The molecule has 1 aliphatic rings. The highest BCUT2D eigenvalue weighted by Gasteiger charge is 2.29. The number of ether oxygens (including phenoxy) is 1. The van der Waals surface area contributed by atoms with Crippen molar-refractivity contribution in [3.63, 3.8) is 0 Å². The Balaban J connectivity index is 1.60. The average molecular weight is 407 g/mol. The van der Waals surface area contributed by atoms with Crippen molar-refractivity contribution in [3.05, 3.63) is 54.0 Å². The van der Waals surface area contributed by atoms with Gasteiger partial charge in [-0.05, 0) is 30.7 Å². The van der Waals surface area contributed by atoms with Crippen LogP contribution in [0.25, 0.3) is 0 Å². The number of hydrogen-bond acceptors (Lipinski definition) is 7. The molecule has 1 aliphatic heterocycles. The predicted octanol–water partition coefficient (Wildman–Crippen LogP) is 1.42. The molecule has 2 aromatic rings. The van der Waals surface area contributed by atoms with Gasteiger partial charge < -0.3 is 15.4 Å². The van der Waals surface area contributed by atoms with Gasteiger partial charge in [0.25, 0.3) is 5.91 Å². The molecular weight excluding hydrogens is 389 g/mol. The lowest BCUT2D eigenvalue weighted by Gasteiger charge is -2.13. The summed E-state index contributed by atoms with van der Waals surface area (Å²) < 4.78 is 41.6. The van der Waals surface area contributed by atoms with Gasteiger partial charge in [-0.25, -0.2) is 22.6 Å². The van der Waals surface area contributed by atoms with Crippen molar-refractivity contribution < 1.29 is 27.1 Å². The van der Waals surface area contributed by atoms with Gasteiger partial charge >= 0.3 is 5.97 Å². The molecule has 8 nitrogen and oxygen atoms in total. The number of hydrogen-bond donors (Lipinski definition) is 2. The first-order chi connectivity index (χ1) is 13.3. The first-order valence-corrected chi connectivity index (χ1v) is 10.3. The Morgan fingerprint density at radius 2 is 2.00 bits per heavy atom. The molecule has 0 unspecified atom stereocenters. The minimum absolute atomic E-state index is 0.0263. The first kappa shape index (κ1) is 19.7. The molecule has 0 bridgehead atoms. The minimum atomic E-state index is -3.12. The molecule has 10 heteroatoms. The summed E-state index contributed by atoms with van der Waals surface area (Å²) >= 11 is 0. The van der Waals surface area contributed by atoms with Crippen molar-refractivity contribution in [2.75, 3.05) is 23.4 Å². The number of aromatic nitrogens is 1. The lowest BCUT2D eigenvalue weighted by atomic mass is 10.2. The normalized spacial score (nSPS) is 17.7. The van der Waals surface area contributed by atoms with E-state index in [2.05, 4.69) is 15.6 Å². The molecule has 1 fully saturated rings. The van der Waals surface area contributed by atoms with Gasteiger partial charge in [-0.3, -0.25) is 4.79 Å². The summed E-state index contributed by atoms with van der Waals surface area (Å²) in [6.07, 6.45) is 1.76. The molecule has 0 spiro atoms. The first-order valence-electron chi connectivity index (χ1n) is 8.47. The summed E-state index contributed by atoms with van der Waals surface area (Å²) in [5, 5.41) is 5.25. The lowest BCUT2D eigenvalue weighted by molar-refractivity contribution is -0.124. The van der Waals surface area contributed by atoms with Gasteiger partial charge in [0.1, 0.15) is 17.2 Å². The van der Waals surface area contributed by atoms with Crippen LogP contribution >= 0.6 is 0 Å². The SMILES string of the molecule is O=C(COC(=O)c1cccnc1Nc1ccccc1F)N[C@@H]1CCS(=O)(=O)C1. The maximum absolute atomic E-state index is 13.8. The van der Waals surface area contributed by atoms with Crippen molar-refractivity contribution in [3.8, 4) is 0 Å². The van der Waals surface area contributed by atoms with E-state index in [4.69, 9.17) is 4.74 Å². The molecule has 3 rings (SSSR count). The molecule has 1 aromatic carbocycles. The number of nitrogens with zero attached hydrogens (tertiary/aromatic N) is 1. The standard InChI is InChI=1S/C18H18FN3O5S/c19-14-5-1-2-6-15(14)22-17-13(4-3-8-20-17)18(24)27-10-16(23)21-12-7-9-28(25,26)11-12/h1-6,8,12H,7,9-11H2,(H,20,22)(H,21,23)/t12-/m1/s1. The summed E-state index contributed by atoms with van der Waals surface area (Å²) in [6, 6.07) is 8.36. The highest BCUT2D eigenvalue weighted by Crippen LogP contribution is 2.21. The summed E-state index contributed by atoms with van der Waals surface area (Å²) in [4.78, 5) is 28.2. The quantitative estimate of drug-likeness (QED) is 0.696. The monoisotopic (exact) mass is 407 g/mol. The number of halogens is 1. The van der Waals surface area contributed by atoms with Crippen LogP contribution < -0.4 is 10.6 Å². The zero-order valence-electron chi connectivity index (χ0n) is 14.7. The van der Waals surface area contributed by atoms with Crippen LogP contribution in [-0.2, 0) is 19.4 Å². The Labute approximate surface area is 161 Å². The molecule has 1 atom stereocenters. The second kappa shape index (κ2) is 8.34. The van der Waals surface area contributed by atoms with E-state index in [0.717, 1.165) is 0 Å². The molecule has 0 saturated carbocycles. The summed E-state index contributed by atoms with van der Waals surface area (Å²) in [6.45, 7) is -0.566. The van der Waals surface area contributed by atoms with Crippen LogP contribution in [0.3, 0.4) is 0 Å². The highest BCUT2D eigenvalue weighted by molar-refractivity contribution is 7.91. The molecule has 1 aromatic heterocycles. The Morgan fingerprint density at radius 1 is 1.21 bits per heavy atom. The highest BCUT2D eigenvalue weighted by atomic mass is 32.2. The van der Waals surface area contributed by atoms with E-state index in [1.807, 2.05) is 0 Å². The maximum atomic E-state index is 13.8. The smallest absolute Gasteiger partial charge is 0.342 e. The molecule has 0 radical (unpaired) electrons. The number of amides is 1. The van der Waals surface area contributed by atoms with Gasteiger partial charge in [0, 0.05) is 12.2 Å². The summed E-state index contributed by atoms with van der Waals surface area (Å²) in [7, 11) is -3.12. The molecule has 1 saturated heterocycles. The van der Waals surface area contributed by atoms with Crippen molar-refractivity contribution in [2.24, 2.45) is 0 Å². The Bertz CT molecular complexity index is 996. The Hall–Kier alpha value is -3.01. The van der Waals surface area contributed by atoms with Crippen molar-refractivity contribution >= 4 is 33.2 Å². The van der Waals surface area contributed by atoms with Gasteiger partial charge in [-0.15, -0.1) is 0 Å². The zero-order chi connectivity index (χ0) is 20.1. The number of carbonyl (C=O) groups is 2. The van der Waals surface area contributed by atoms with Gasteiger partial charge in [0.05, 0.1) is 17.2 Å². The number of carbonyl (C=O) groups excluding carboxylic acids is 2. The maximum Gasteiger partial charge on any atom is 0.342 e. The van der Waals surface area contributed by atoms with Gasteiger partial charge in [-0.1, -0.05) is 12.1 Å². The average Bonchev–Trinajstić information content (AvgIpc) is 3.00. The number of rotatable bonds is 6. The van der Waals surface area contributed by atoms with Gasteiger partial charge in [0.15, 0.2) is 16.4 Å². The Kier molecular flexibility index (Phi) is 5.88. The van der Waals surface area contributed by atoms with Crippen LogP contribution in [0.5, 0.6) is 0 Å². The number of nitrogens with one attached hydrogen (secondary N) is 2. The second-order valence-corrected chi connectivity index (χ2v) is 8.48. The van der Waals surface area contributed by atoms with Crippen molar-refractivity contribution in [1.82, 2.24) is 10.3 Å². The van der Waals surface area contributed by atoms with E-state index in [0.29, 0.717) is 6.42 Å². The number of esters is 1. The van der Waals surface area contributed by atoms with Gasteiger partial charge in [0.2, 0.25) is 0 Å². The topological polar surface area (TPSA) is 114 Å². The van der Waals surface area contributed by atoms with E-state index < -0.39 is 40.2 Å². The summed E-state index contributed by atoms with van der Waals surface area (Å²) in [5.41, 5.74) is 0.164. The zero-order valence-corrected chi connectivity index (χ0v) is 15.5. The minimum Gasteiger partial charge on any atom is -0.452 e.